The van der Waals surface area contributed by atoms with E-state index in [0.29, 0.717) is 5.75 Å². The quantitative estimate of drug-likeness (QED) is 0.530. The molecule has 0 atom stereocenters. The summed E-state index contributed by atoms with van der Waals surface area (Å²) < 4.78 is 10.8. The minimum atomic E-state index is 0.0701. The van der Waals surface area contributed by atoms with Crippen LogP contribution in [0.4, 0.5) is 0 Å². The molecule has 0 spiro atoms. The lowest BCUT2D eigenvalue weighted by atomic mass is 10.1. The minimum Gasteiger partial charge on any atom is -0.454 e. The van der Waals surface area contributed by atoms with Gasteiger partial charge in [0.25, 0.3) is 0 Å². The van der Waals surface area contributed by atoms with Crippen LogP contribution in [-0.4, -0.2) is 17.6 Å². The molecule has 0 fully saturated rings. The number of ketones is 1. The van der Waals surface area contributed by atoms with Crippen LogP contribution in [0.25, 0.3) is 22.2 Å². The molecule has 0 unspecified atom stereocenters. The van der Waals surface area contributed by atoms with Crippen LogP contribution in [0.5, 0.6) is 11.5 Å². The van der Waals surface area contributed by atoms with Crippen molar-refractivity contribution in [2.45, 2.75) is 0 Å². The van der Waals surface area contributed by atoms with Gasteiger partial charge in [-0.2, -0.15) is 0 Å². The maximum atomic E-state index is 12.6. The lowest BCUT2D eigenvalue weighted by Gasteiger charge is -1.99. The molecule has 3 aromatic rings. The van der Waals surface area contributed by atoms with Crippen LogP contribution in [0.3, 0.4) is 0 Å². The average Bonchev–Trinajstić information content (AvgIpc) is 3.12. The van der Waals surface area contributed by atoms with Crippen LogP contribution in [0, 0.1) is 0 Å². The van der Waals surface area contributed by atoms with E-state index in [2.05, 4.69) is 4.98 Å². The highest BCUT2D eigenvalue weighted by molar-refractivity contribution is 6.27. The Labute approximate surface area is 113 Å². The fourth-order valence-corrected chi connectivity index (χ4v) is 3.06. The van der Waals surface area contributed by atoms with Crippen molar-refractivity contribution in [1.82, 2.24) is 4.98 Å². The summed E-state index contributed by atoms with van der Waals surface area (Å²) in [6, 6.07) is 11.4. The molecule has 1 aromatic heterocycles. The van der Waals surface area contributed by atoms with Crippen molar-refractivity contribution in [2.24, 2.45) is 0 Å². The van der Waals surface area contributed by atoms with E-state index in [4.69, 9.17) is 9.47 Å². The van der Waals surface area contributed by atoms with Gasteiger partial charge in [0.2, 0.25) is 6.79 Å². The van der Waals surface area contributed by atoms with Gasteiger partial charge in [0.15, 0.2) is 17.3 Å². The minimum absolute atomic E-state index is 0.0701. The van der Waals surface area contributed by atoms with Crippen LogP contribution in [0.2, 0.25) is 0 Å². The molecule has 2 aromatic carbocycles. The maximum absolute atomic E-state index is 12.6. The summed E-state index contributed by atoms with van der Waals surface area (Å²) in [5.74, 6) is 1.49. The molecule has 4 heteroatoms. The van der Waals surface area contributed by atoms with E-state index >= 15 is 0 Å². The fourth-order valence-electron chi connectivity index (χ4n) is 3.06. The molecule has 4 nitrogen and oxygen atoms in total. The maximum Gasteiger partial charge on any atom is 0.231 e. The Balaban J connectivity index is 1.89. The van der Waals surface area contributed by atoms with Crippen molar-refractivity contribution in [3.05, 3.63) is 47.5 Å². The van der Waals surface area contributed by atoms with E-state index in [-0.39, 0.29) is 12.6 Å². The number of ether oxygens (including phenoxy) is 2. The number of nitrogens with one attached hydrogen (secondary N) is 1. The van der Waals surface area contributed by atoms with E-state index in [1.807, 2.05) is 36.4 Å². The van der Waals surface area contributed by atoms with Gasteiger partial charge >= 0.3 is 0 Å². The summed E-state index contributed by atoms with van der Waals surface area (Å²) in [6.45, 7) is 0.234. The second kappa shape index (κ2) is 3.22. The van der Waals surface area contributed by atoms with E-state index in [9.17, 15) is 4.79 Å². The van der Waals surface area contributed by atoms with Crippen LogP contribution in [0.15, 0.2) is 36.4 Å². The highest BCUT2D eigenvalue weighted by atomic mass is 16.7. The molecule has 1 aliphatic carbocycles. The first kappa shape index (κ1) is 10.1. The zero-order valence-corrected chi connectivity index (χ0v) is 10.4. The molecule has 96 valence electrons. The molecule has 2 aliphatic rings. The van der Waals surface area contributed by atoms with E-state index in [1.165, 1.54) is 0 Å². The molecule has 5 rings (SSSR count). The molecule has 2 heterocycles. The van der Waals surface area contributed by atoms with Crippen molar-refractivity contribution in [1.29, 1.82) is 0 Å². The van der Waals surface area contributed by atoms with Crippen LogP contribution in [-0.2, 0) is 0 Å². The molecule has 0 bridgehead atoms. The zero-order valence-electron chi connectivity index (χ0n) is 10.4. The molecule has 1 N–H and O–H groups in total. The van der Waals surface area contributed by atoms with Gasteiger partial charge < -0.3 is 14.5 Å². The Morgan fingerprint density at radius 1 is 1.00 bits per heavy atom. The summed E-state index contributed by atoms with van der Waals surface area (Å²) in [6.07, 6.45) is 0. The first-order valence-electron chi connectivity index (χ1n) is 6.42. The Bertz CT molecular complexity index is 907. The number of aromatic amines is 1. The summed E-state index contributed by atoms with van der Waals surface area (Å²) in [4.78, 5) is 15.9. The predicted molar refractivity (Wildman–Crippen MR) is 73.3 cm³/mol. The Morgan fingerprint density at radius 3 is 2.60 bits per heavy atom. The first-order chi connectivity index (χ1) is 9.83. The largest absolute Gasteiger partial charge is 0.454 e. The predicted octanol–water partition coefficient (Wildman–Crippen LogP) is 3.11. The second-order valence-electron chi connectivity index (χ2n) is 5.00. The highest BCUT2D eigenvalue weighted by Crippen LogP contribution is 2.44. The van der Waals surface area contributed by atoms with Gasteiger partial charge in [-0.05, 0) is 6.07 Å². The third kappa shape index (κ3) is 1.05. The number of benzene rings is 2. The lowest BCUT2D eigenvalue weighted by molar-refractivity contribution is 0.104. The first-order valence-corrected chi connectivity index (χ1v) is 6.42. The van der Waals surface area contributed by atoms with Crippen molar-refractivity contribution in [3.63, 3.8) is 0 Å². The molecular formula is C16H9NO3. The molecule has 0 amide bonds. The summed E-state index contributed by atoms with van der Waals surface area (Å²) in [5.41, 5.74) is 4.25. The highest BCUT2D eigenvalue weighted by Gasteiger charge is 2.31. The Kier molecular flexibility index (Phi) is 1.62. The monoisotopic (exact) mass is 263 g/mol. The zero-order chi connectivity index (χ0) is 13.3. The number of H-pyrrole nitrogens is 1. The Morgan fingerprint density at radius 2 is 1.75 bits per heavy atom. The van der Waals surface area contributed by atoms with Gasteiger partial charge in [-0.15, -0.1) is 0 Å². The van der Waals surface area contributed by atoms with Gasteiger partial charge in [0.05, 0.1) is 16.8 Å². The summed E-state index contributed by atoms with van der Waals surface area (Å²) in [7, 11) is 0. The third-order valence-corrected chi connectivity index (χ3v) is 3.96. The van der Waals surface area contributed by atoms with Crippen molar-refractivity contribution >= 4 is 16.7 Å². The van der Waals surface area contributed by atoms with Crippen LogP contribution >= 0.6 is 0 Å². The number of carbonyl (C=O) groups excluding carboxylic acids is 1. The second-order valence-corrected chi connectivity index (χ2v) is 5.00. The van der Waals surface area contributed by atoms with Gasteiger partial charge in [-0.3, -0.25) is 4.79 Å². The third-order valence-electron chi connectivity index (χ3n) is 3.96. The number of aromatic nitrogens is 1. The van der Waals surface area contributed by atoms with E-state index in [1.54, 1.807) is 0 Å². The van der Waals surface area contributed by atoms with E-state index in [0.717, 1.165) is 39.0 Å². The number of hydrogen-bond acceptors (Lipinski definition) is 3. The molecule has 0 radical (unpaired) electrons. The van der Waals surface area contributed by atoms with Crippen molar-refractivity contribution < 1.29 is 14.3 Å². The van der Waals surface area contributed by atoms with Crippen LogP contribution < -0.4 is 9.47 Å². The van der Waals surface area contributed by atoms with Gasteiger partial charge in [0, 0.05) is 22.6 Å². The number of carbonyl (C=O) groups is 1. The molecule has 20 heavy (non-hydrogen) atoms. The number of rotatable bonds is 0. The van der Waals surface area contributed by atoms with Gasteiger partial charge in [-0.1, -0.05) is 24.3 Å². The number of hydrogen-bond donors (Lipinski definition) is 1. The molecule has 0 saturated heterocycles. The summed E-state index contributed by atoms with van der Waals surface area (Å²) >= 11 is 0. The lowest BCUT2D eigenvalue weighted by Crippen LogP contribution is -1.94. The topological polar surface area (TPSA) is 51.3 Å². The van der Waals surface area contributed by atoms with Crippen LogP contribution in [0.1, 0.15) is 15.9 Å². The number of fused-ring (bicyclic) bond motifs is 6. The molecule has 0 saturated carbocycles. The molecule has 1 aliphatic heterocycles. The van der Waals surface area contributed by atoms with Crippen molar-refractivity contribution in [3.8, 4) is 22.8 Å². The summed E-state index contributed by atoms with van der Waals surface area (Å²) in [5, 5.41) is 0.894. The smallest absolute Gasteiger partial charge is 0.231 e. The SMILES string of the molecule is O=C1c2ccccc2-c2[nH]c3cc4c(cc3c21)OCO4. The Hall–Kier alpha value is -2.75. The fraction of sp³-hybridized carbons (Fsp3) is 0.0625. The van der Waals surface area contributed by atoms with E-state index < -0.39 is 0 Å². The normalized spacial score (nSPS) is 14.7. The van der Waals surface area contributed by atoms with Gasteiger partial charge in [-0.25, -0.2) is 0 Å². The average molecular weight is 263 g/mol. The van der Waals surface area contributed by atoms with Crippen molar-refractivity contribution in [2.75, 3.05) is 6.79 Å². The van der Waals surface area contributed by atoms with Gasteiger partial charge in [0.1, 0.15) is 0 Å². The standard InChI is InChI=1S/C16H9NO3/c18-16-9-4-2-1-3-8(9)15-14(16)10-5-12-13(20-7-19-12)6-11(10)17-15/h1-6,17H,7H2. The molecular weight excluding hydrogens is 254 g/mol.